The number of rotatable bonds is 1. The highest BCUT2D eigenvalue weighted by Crippen LogP contribution is 2.33. The summed E-state index contributed by atoms with van der Waals surface area (Å²) < 4.78 is 23.7. The number of fused-ring (bicyclic) bond motifs is 1. The largest absolute Gasteiger partial charge is 0.322 e. The monoisotopic (exact) mass is 225 g/mol. The third-order valence-corrected chi connectivity index (χ3v) is 4.59. The van der Waals surface area contributed by atoms with E-state index in [0.717, 1.165) is 11.1 Å². The van der Waals surface area contributed by atoms with Crippen LogP contribution in [0.3, 0.4) is 0 Å². The van der Waals surface area contributed by atoms with Crippen LogP contribution in [0.15, 0.2) is 23.1 Å². The van der Waals surface area contributed by atoms with Gasteiger partial charge in [-0.05, 0) is 31.4 Å². The van der Waals surface area contributed by atoms with Gasteiger partial charge in [0.15, 0.2) is 9.84 Å². The predicted octanol–water partition coefficient (Wildman–Crippen LogP) is 1.21. The molecule has 0 unspecified atom stereocenters. The van der Waals surface area contributed by atoms with Gasteiger partial charge in [0.25, 0.3) is 0 Å². The highest BCUT2D eigenvalue weighted by atomic mass is 32.2. The quantitative estimate of drug-likeness (QED) is 0.781. The summed E-state index contributed by atoms with van der Waals surface area (Å²) in [5.74, 6) is 0.218. The van der Waals surface area contributed by atoms with E-state index >= 15 is 0 Å². The molecule has 2 N–H and O–H groups in total. The molecule has 0 fully saturated rings. The number of benzene rings is 1. The first kappa shape index (κ1) is 10.6. The van der Waals surface area contributed by atoms with Gasteiger partial charge >= 0.3 is 0 Å². The van der Waals surface area contributed by atoms with Gasteiger partial charge in [0.1, 0.15) is 0 Å². The second kappa shape index (κ2) is 3.06. The van der Waals surface area contributed by atoms with Crippen LogP contribution in [-0.2, 0) is 21.8 Å². The van der Waals surface area contributed by atoms with Crippen molar-refractivity contribution in [2.24, 2.45) is 5.73 Å². The maximum Gasteiger partial charge on any atom is 0.179 e. The fourth-order valence-corrected chi connectivity index (χ4v) is 3.93. The van der Waals surface area contributed by atoms with E-state index in [9.17, 15) is 8.42 Å². The zero-order valence-electron chi connectivity index (χ0n) is 8.95. The maximum atomic E-state index is 11.9. The SMILES string of the molecule is CC(C)(N)c1cccc2c1S(=O)(=O)CC2. The summed E-state index contributed by atoms with van der Waals surface area (Å²) in [7, 11) is -3.10. The topological polar surface area (TPSA) is 60.2 Å². The molecule has 0 bridgehead atoms. The summed E-state index contributed by atoms with van der Waals surface area (Å²) in [4.78, 5) is 0.470. The van der Waals surface area contributed by atoms with E-state index in [0.29, 0.717) is 11.3 Å². The number of hydrogen-bond acceptors (Lipinski definition) is 3. The predicted molar refractivity (Wildman–Crippen MR) is 59.4 cm³/mol. The molecule has 2 rings (SSSR count). The molecule has 1 aromatic carbocycles. The summed E-state index contributed by atoms with van der Waals surface area (Å²) in [5.41, 5.74) is 7.02. The van der Waals surface area contributed by atoms with Crippen molar-refractivity contribution in [3.05, 3.63) is 29.3 Å². The van der Waals surface area contributed by atoms with Crippen molar-refractivity contribution >= 4 is 9.84 Å². The molecule has 0 saturated heterocycles. The maximum absolute atomic E-state index is 11.9. The van der Waals surface area contributed by atoms with Crippen molar-refractivity contribution in [1.82, 2.24) is 0 Å². The van der Waals surface area contributed by atoms with Crippen molar-refractivity contribution in [2.75, 3.05) is 5.75 Å². The standard InChI is InChI=1S/C11H15NO2S/c1-11(2,12)9-5-3-4-8-6-7-15(13,14)10(8)9/h3-5H,6-7,12H2,1-2H3. The van der Waals surface area contributed by atoms with Crippen LogP contribution < -0.4 is 5.73 Å². The van der Waals surface area contributed by atoms with Crippen LogP contribution in [0.1, 0.15) is 25.0 Å². The lowest BCUT2D eigenvalue weighted by molar-refractivity contribution is 0.536. The van der Waals surface area contributed by atoms with Gasteiger partial charge in [0, 0.05) is 5.54 Å². The molecule has 0 aromatic heterocycles. The molecular weight excluding hydrogens is 210 g/mol. The Kier molecular flexibility index (Phi) is 2.17. The second-order valence-electron chi connectivity index (χ2n) is 4.58. The fourth-order valence-electron chi connectivity index (χ4n) is 2.00. The average Bonchev–Trinajstić information content (AvgIpc) is 2.41. The van der Waals surface area contributed by atoms with Gasteiger partial charge in [0.2, 0.25) is 0 Å². The van der Waals surface area contributed by atoms with Crippen LogP contribution in [0, 0.1) is 0 Å². The molecule has 1 aromatic rings. The molecule has 0 aliphatic carbocycles. The molecule has 1 aliphatic rings. The molecule has 1 heterocycles. The Labute approximate surface area is 90.2 Å². The van der Waals surface area contributed by atoms with Gasteiger partial charge in [0.05, 0.1) is 10.6 Å². The Hall–Kier alpha value is -0.870. The molecule has 0 radical (unpaired) electrons. The summed E-state index contributed by atoms with van der Waals surface area (Å²) in [6, 6.07) is 5.56. The van der Waals surface area contributed by atoms with Gasteiger partial charge in [-0.2, -0.15) is 0 Å². The minimum atomic E-state index is -3.10. The molecule has 82 valence electrons. The van der Waals surface area contributed by atoms with Crippen LogP contribution in [0.5, 0.6) is 0 Å². The normalized spacial score (nSPS) is 18.9. The van der Waals surface area contributed by atoms with E-state index in [4.69, 9.17) is 5.73 Å². The summed E-state index contributed by atoms with van der Waals surface area (Å²) in [6.45, 7) is 3.66. The summed E-state index contributed by atoms with van der Waals surface area (Å²) in [5, 5.41) is 0. The molecule has 0 amide bonds. The minimum absolute atomic E-state index is 0.218. The van der Waals surface area contributed by atoms with Crippen LogP contribution in [0.4, 0.5) is 0 Å². The molecule has 0 spiro atoms. The Bertz CT molecular complexity index is 498. The first-order chi connectivity index (χ1) is 6.82. The fraction of sp³-hybridized carbons (Fsp3) is 0.455. The van der Waals surface area contributed by atoms with E-state index < -0.39 is 15.4 Å². The lowest BCUT2D eigenvalue weighted by Gasteiger charge is -2.22. The molecule has 0 atom stereocenters. The van der Waals surface area contributed by atoms with E-state index in [2.05, 4.69) is 0 Å². The summed E-state index contributed by atoms with van der Waals surface area (Å²) >= 11 is 0. The highest BCUT2D eigenvalue weighted by Gasteiger charge is 2.32. The number of hydrogen-bond donors (Lipinski definition) is 1. The smallest absolute Gasteiger partial charge is 0.179 e. The lowest BCUT2D eigenvalue weighted by atomic mass is 9.93. The van der Waals surface area contributed by atoms with Gasteiger partial charge < -0.3 is 5.73 Å². The van der Waals surface area contributed by atoms with Gasteiger partial charge in [-0.1, -0.05) is 18.2 Å². The van der Waals surface area contributed by atoms with Crippen LogP contribution in [0.25, 0.3) is 0 Å². The highest BCUT2D eigenvalue weighted by molar-refractivity contribution is 7.91. The van der Waals surface area contributed by atoms with Crippen molar-refractivity contribution in [3.8, 4) is 0 Å². The van der Waals surface area contributed by atoms with E-state index in [1.165, 1.54) is 0 Å². The van der Waals surface area contributed by atoms with Gasteiger partial charge in [-0.3, -0.25) is 0 Å². The van der Waals surface area contributed by atoms with E-state index in [1.807, 2.05) is 32.0 Å². The van der Waals surface area contributed by atoms with Crippen molar-refractivity contribution in [2.45, 2.75) is 30.7 Å². The Morgan fingerprint density at radius 2 is 2.00 bits per heavy atom. The number of aryl methyl sites for hydroxylation is 1. The Morgan fingerprint density at radius 3 is 2.60 bits per heavy atom. The van der Waals surface area contributed by atoms with Crippen molar-refractivity contribution in [1.29, 1.82) is 0 Å². The van der Waals surface area contributed by atoms with Crippen molar-refractivity contribution in [3.63, 3.8) is 0 Å². The molecule has 4 heteroatoms. The number of sulfone groups is 1. The zero-order valence-corrected chi connectivity index (χ0v) is 9.76. The molecule has 15 heavy (non-hydrogen) atoms. The Balaban J connectivity index is 2.76. The molecule has 1 aliphatic heterocycles. The average molecular weight is 225 g/mol. The van der Waals surface area contributed by atoms with Gasteiger partial charge in [-0.25, -0.2) is 8.42 Å². The third kappa shape index (κ3) is 1.68. The molecular formula is C11H15NO2S. The zero-order chi connectivity index (χ0) is 11.3. The summed E-state index contributed by atoms with van der Waals surface area (Å²) in [6.07, 6.45) is 0.613. The lowest BCUT2D eigenvalue weighted by Crippen LogP contribution is -2.30. The first-order valence-electron chi connectivity index (χ1n) is 4.96. The third-order valence-electron chi connectivity index (χ3n) is 2.74. The molecule has 3 nitrogen and oxygen atoms in total. The molecule has 0 saturated carbocycles. The second-order valence-corrected chi connectivity index (χ2v) is 6.63. The van der Waals surface area contributed by atoms with Crippen molar-refractivity contribution < 1.29 is 8.42 Å². The minimum Gasteiger partial charge on any atom is -0.322 e. The van der Waals surface area contributed by atoms with Crippen LogP contribution in [0.2, 0.25) is 0 Å². The van der Waals surface area contributed by atoms with E-state index in [-0.39, 0.29) is 5.75 Å². The van der Waals surface area contributed by atoms with E-state index in [1.54, 1.807) is 0 Å². The van der Waals surface area contributed by atoms with Gasteiger partial charge in [-0.15, -0.1) is 0 Å². The Morgan fingerprint density at radius 1 is 1.33 bits per heavy atom. The van der Waals surface area contributed by atoms with Crippen LogP contribution in [-0.4, -0.2) is 14.2 Å². The number of nitrogens with two attached hydrogens (primary N) is 1. The van der Waals surface area contributed by atoms with Crippen LogP contribution >= 0.6 is 0 Å². The first-order valence-corrected chi connectivity index (χ1v) is 6.61.